The summed E-state index contributed by atoms with van der Waals surface area (Å²) in [6.07, 6.45) is 0.118. The molecule has 0 fully saturated rings. The van der Waals surface area contributed by atoms with Gasteiger partial charge in [-0.15, -0.1) is 0 Å². The van der Waals surface area contributed by atoms with Gasteiger partial charge >= 0.3 is 0 Å². The van der Waals surface area contributed by atoms with E-state index in [0.717, 1.165) is 16.6 Å². The zero-order chi connectivity index (χ0) is 10.9. The Kier molecular flexibility index (Phi) is 2.83. The van der Waals surface area contributed by atoms with E-state index in [-0.39, 0.29) is 11.5 Å². The standard InChI is InChI=1S/C12H14BrNO/c1-12(2)10(8-13)15-14-11(12)9-6-4-3-5-7-9/h3-7,10H,8H2,1-2H3/t10-/m1/s1. The maximum Gasteiger partial charge on any atom is 0.147 e. The first-order valence-corrected chi connectivity index (χ1v) is 6.14. The molecule has 0 bridgehead atoms. The molecule has 0 saturated carbocycles. The molecule has 1 aromatic rings. The number of hydrogen-bond acceptors (Lipinski definition) is 2. The van der Waals surface area contributed by atoms with E-state index in [4.69, 9.17) is 4.84 Å². The van der Waals surface area contributed by atoms with E-state index in [0.29, 0.717) is 0 Å². The van der Waals surface area contributed by atoms with Crippen LogP contribution in [0.2, 0.25) is 0 Å². The third-order valence-electron chi connectivity index (χ3n) is 2.87. The number of oxime groups is 1. The molecule has 0 aromatic heterocycles. The summed E-state index contributed by atoms with van der Waals surface area (Å²) < 4.78 is 0. The lowest BCUT2D eigenvalue weighted by molar-refractivity contribution is 0.0556. The first kappa shape index (κ1) is 10.7. The topological polar surface area (TPSA) is 21.6 Å². The van der Waals surface area contributed by atoms with E-state index in [2.05, 4.69) is 47.1 Å². The Morgan fingerprint density at radius 1 is 1.33 bits per heavy atom. The van der Waals surface area contributed by atoms with Crippen molar-refractivity contribution in [3.05, 3.63) is 35.9 Å². The van der Waals surface area contributed by atoms with Gasteiger partial charge in [-0.3, -0.25) is 0 Å². The van der Waals surface area contributed by atoms with Gasteiger partial charge in [-0.2, -0.15) is 0 Å². The molecular formula is C12H14BrNO. The molecule has 80 valence electrons. The molecule has 0 amide bonds. The number of nitrogens with zero attached hydrogens (tertiary/aromatic N) is 1. The SMILES string of the molecule is CC1(C)C(c2ccccc2)=NO[C@@H]1CBr. The van der Waals surface area contributed by atoms with Crippen molar-refractivity contribution >= 4 is 21.6 Å². The van der Waals surface area contributed by atoms with Gasteiger partial charge in [0.15, 0.2) is 0 Å². The fourth-order valence-corrected chi connectivity index (χ4v) is 2.69. The van der Waals surface area contributed by atoms with Crippen LogP contribution in [0.5, 0.6) is 0 Å². The smallest absolute Gasteiger partial charge is 0.147 e. The summed E-state index contributed by atoms with van der Waals surface area (Å²) in [7, 11) is 0. The van der Waals surface area contributed by atoms with E-state index in [1.807, 2.05) is 18.2 Å². The largest absolute Gasteiger partial charge is 0.390 e. The monoisotopic (exact) mass is 267 g/mol. The van der Waals surface area contributed by atoms with Crippen molar-refractivity contribution in [2.45, 2.75) is 20.0 Å². The number of hydrogen-bond donors (Lipinski definition) is 0. The van der Waals surface area contributed by atoms with Crippen LogP contribution in [-0.2, 0) is 4.84 Å². The van der Waals surface area contributed by atoms with E-state index < -0.39 is 0 Å². The van der Waals surface area contributed by atoms with Crippen LogP contribution in [0.25, 0.3) is 0 Å². The van der Waals surface area contributed by atoms with Gasteiger partial charge in [0.05, 0.1) is 11.1 Å². The maximum atomic E-state index is 5.43. The third-order valence-corrected chi connectivity index (χ3v) is 3.46. The molecule has 0 spiro atoms. The molecule has 3 heteroatoms. The van der Waals surface area contributed by atoms with Crippen molar-refractivity contribution in [1.82, 2.24) is 0 Å². The molecular weight excluding hydrogens is 254 g/mol. The predicted octanol–water partition coefficient (Wildman–Crippen LogP) is 3.21. The van der Waals surface area contributed by atoms with E-state index in [1.165, 1.54) is 0 Å². The minimum absolute atomic E-state index is 0.0369. The van der Waals surface area contributed by atoms with Crippen LogP contribution >= 0.6 is 15.9 Å². The van der Waals surface area contributed by atoms with Crippen LogP contribution in [-0.4, -0.2) is 17.1 Å². The van der Waals surface area contributed by atoms with Gasteiger partial charge < -0.3 is 4.84 Å². The minimum atomic E-state index is -0.0369. The molecule has 0 unspecified atom stereocenters. The quantitative estimate of drug-likeness (QED) is 0.755. The van der Waals surface area contributed by atoms with Crippen molar-refractivity contribution < 1.29 is 4.84 Å². The zero-order valence-corrected chi connectivity index (χ0v) is 10.5. The Labute approximate surface area is 98.4 Å². The summed E-state index contributed by atoms with van der Waals surface area (Å²) in [4.78, 5) is 5.43. The third kappa shape index (κ3) is 1.81. The summed E-state index contributed by atoms with van der Waals surface area (Å²) in [6, 6.07) is 10.2. The summed E-state index contributed by atoms with van der Waals surface area (Å²) >= 11 is 3.45. The van der Waals surface area contributed by atoms with E-state index in [9.17, 15) is 0 Å². The van der Waals surface area contributed by atoms with Gasteiger partial charge in [0.2, 0.25) is 0 Å². The lowest BCUT2D eigenvalue weighted by Gasteiger charge is -2.24. The second-order valence-electron chi connectivity index (χ2n) is 4.28. The van der Waals surface area contributed by atoms with E-state index in [1.54, 1.807) is 0 Å². The van der Waals surface area contributed by atoms with Crippen LogP contribution in [0, 0.1) is 5.41 Å². The van der Waals surface area contributed by atoms with Gasteiger partial charge in [-0.05, 0) is 5.56 Å². The van der Waals surface area contributed by atoms with Gasteiger partial charge in [-0.25, -0.2) is 0 Å². The molecule has 1 aliphatic heterocycles. The molecule has 15 heavy (non-hydrogen) atoms. The second-order valence-corrected chi connectivity index (χ2v) is 4.92. The molecule has 2 rings (SSSR count). The van der Waals surface area contributed by atoms with Crippen molar-refractivity contribution in [1.29, 1.82) is 0 Å². The highest BCUT2D eigenvalue weighted by Crippen LogP contribution is 2.35. The van der Waals surface area contributed by atoms with Crippen LogP contribution in [0.1, 0.15) is 19.4 Å². The van der Waals surface area contributed by atoms with Gasteiger partial charge in [0.1, 0.15) is 6.10 Å². The van der Waals surface area contributed by atoms with Crippen molar-refractivity contribution in [3.8, 4) is 0 Å². The molecule has 1 aliphatic rings. The normalized spacial score (nSPS) is 23.4. The fourth-order valence-electron chi connectivity index (χ4n) is 1.76. The Balaban J connectivity index is 2.33. The molecule has 2 nitrogen and oxygen atoms in total. The fraction of sp³-hybridized carbons (Fsp3) is 0.417. The highest BCUT2D eigenvalue weighted by Gasteiger charge is 2.41. The minimum Gasteiger partial charge on any atom is -0.390 e. The first-order chi connectivity index (χ1) is 7.16. The molecule has 1 aromatic carbocycles. The summed E-state index contributed by atoms with van der Waals surface area (Å²) in [5.74, 6) is 0. The van der Waals surface area contributed by atoms with Crippen molar-refractivity contribution in [2.24, 2.45) is 10.6 Å². The highest BCUT2D eigenvalue weighted by molar-refractivity contribution is 9.09. The number of halogens is 1. The average molecular weight is 268 g/mol. The van der Waals surface area contributed by atoms with Crippen LogP contribution in [0.3, 0.4) is 0 Å². The van der Waals surface area contributed by atoms with Gasteiger partial charge in [-0.1, -0.05) is 65.3 Å². The first-order valence-electron chi connectivity index (χ1n) is 5.02. The summed E-state index contributed by atoms with van der Waals surface area (Å²) in [5, 5.41) is 5.00. The molecule has 0 radical (unpaired) electrons. The van der Waals surface area contributed by atoms with Crippen LogP contribution in [0.15, 0.2) is 35.5 Å². The Morgan fingerprint density at radius 3 is 2.53 bits per heavy atom. The number of benzene rings is 1. The summed E-state index contributed by atoms with van der Waals surface area (Å²) in [6.45, 7) is 4.33. The molecule has 0 aliphatic carbocycles. The maximum absolute atomic E-state index is 5.43. The van der Waals surface area contributed by atoms with Crippen LogP contribution < -0.4 is 0 Å². The van der Waals surface area contributed by atoms with Gasteiger partial charge in [0.25, 0.3) is 0 Å². The second kappa shape index (κ2) is 3.97. The van der Waals surface area contributed by atoms with Crippen LogP contribution in [0.4, 0.5) is 0 Å². The molecule has 0 saturated heterocycles. The average Bonchev–Trinajstić information content (AvgIpc) is 2.54. The lowest BCUT2D eigenvalue weighted by atomic mass is 9.80. The van der Waals surface area contributed by atoms with Crippen molar-refractivity contribution in [2.75, 3.05) is 5.33 Å². The Hall–Kier alpha value is -0.830. The zero-order valence-electron chi connectivity index (χ0n) is 8.90. The van der Waals surface area contributed by atoms with Gasteiger partial charge in [0, 0.05) is 5.33 Å². The number of rotatable bonds is 2. The Morgan fingerprint density at radius 2 is 2.00 bits per heavy atom. The molecule has 1 heterocycles. The molecule has 0 N–H and O–H groups in total. The summed E-state index contributed by atoms with van der Waals surface area (Å²) in [5.41, 5.74) is 2.14. The Bertz CT molecular complexity index is 372. The highest BCUT2D eigenvalue weighted by atomic mass is 79.9. The predicted molar refractivity (Wildman–Crippen MR) is 65.4 cm³/mol. The number of alkyl halides is 1. The van der Waals surface area contributed by atoms with Crippen molar-refractivity contribution in [3.63, 3.8) is 0 Å². The lowest BCUT2D eigenvalue weighted by Crippen LogP contribution is -2.34. The van der Waals surface area contributed by atoms with E-state index >= 15 is 0 Å². The molecule has 1 atom stereocenters.